The lowest BCUT2D eigenvalue weighted by Gasteiger charge is -2.27. The number of fused-ring (bicyclic) bond motifs is 1. The van der Waals surface area contributed by atoms with E-state index in [2.05, 4.69) is 34.9 Å². The van der Waals surface area contributed by atoms with Crippen LogP contribution in [-0.2, 0) is 4.74 Å². The molecule has 2 N–H and O–H groups in total. The van der Waals surface area contributed by atoms with Gasteiger partial charge in [0.25, 0.3) is 0 Å². The standard InChI is InChI=1S/C13H18N2OS2/c1-16-8-7-14-13(17)15-11-6-9-18-12-5-3-2-4-10(11)12/h2-5,11H,6-9H2,1H3,(H2,14,15,17). The van der Waals surface area contributed by atoms with Gasteiger partial charge in [-0.3, -0.25) is 0 Å². The van der Waals surface area contributed by atoms with Crippen LogP contribution < -0.4 is 10.6 Å². The van der Waals surface area contributed by atoms with Crippen molar-refractivity contribution in [3.63, 3.8) is 0 Å². The number of thiocarbonyl (C=S) groups is 1. The van der Waals surface area contributed by atoms with Crippen LogP contribution in [0.3, 0.4) is 0 Å². The van der Waals surface area contributed by atoms with E-state index in [4.69, 9.17) is 17.0 Å². The molecule has 1 heterocycles. The van der Waals surface area contributed by atoms with Crippen molar-refractivity contribution in [1.29, 1.82) is 0 Å². The molecule has 0 saturated heterocycles. The van der Waals surface area contributed by atoms with Crippen molar-refractivity contribution in [3.8, 4) is 0 Å². The van der Waals surface area contributed by atoms with Gasteiger partial charge in [0.15, 0.2) is 5.11 Å². The molecule has 0 spiro atoms. The first kappa shape index (κ1) is 13.6. The number of hydrogen-bond acceptors (Lipinski definition) is 3. The zero-order valence-corrected chi connectivity index (χ0v) is 12.1. The van der Waals surface area contributed by atoms with Crippen LogP contribution in [0.2, 0.25) is 0 Å². The van der Waals surface area contributed by atoms with E-state index in [1.54, 1.807) is 7.11 Å². The highest BCUT2D eigenvalue weighted by Crippen LogP contribution is 2.35. The second-order valence-electron chi connectivity index (χ2n) is 4.12. The summed E-state index contributed by atoms with van der Waals surface area (Å²) in [6.45, 7) is 1.41. The highest BCUT2D eigenvalue weighted by molar-refractivity contribution is 7.99. The third kappa shape index (κ3) is 3.60. The summed E-state index contributed by atoms with van der Waals surface area (Å²) in [6, 6.07) is 8.85. The highest BCUT2D eigenvalue weighted by Gasteiger charge is 2.20. The fourth-order valence-corrected chi connectivity index (χ4v) is 3.34. The minimum Gasteiger partial charge on any atom is -0.383 e. The summed E-state index contributed by atoms with van der Waals surface area (Å²) in [4.78, 5) is 1.36. The second-order valence-corrected chi connectivity index (χ2v) is 5.67. The molecule has 0 aliphatic carbocycles. The fraction of sp³-hybridized carbons (Fsp3) is 0.462. The van der Waals surface area contributed by atoms with Crippen LogP contribution in [0.25, 0.3) is 0 Å². The lowest BCUT2D eigenvalue weighted by molar-refractivity contribution is 0.204. The molecular weight excluding hydrogens is 264 g/mol. The van der Waals surface area contributed by atoms with Gasteiger partial charge >= 0.3 is 0 Å². The molecule has 3 nitrogen and oxygen atoms in total. The maximum atomic E-state index is 5.29. The van der Waals surface area contributed by atoms with Gasteiger partial charge in [-0.1, -0.05) is 18.2 Å². The van der Waals surface area contributed by atoms with Gasteiger partial charge in [0, 0.05) is 24.3 Å². The molecule has 0 saturated carbocycles. The third-order valence-electron chi connectivity index (χ3n) is 2.86. The molecule has 1 atom stereocenters. The largest absolute Gasteiger partial charge is 0.383 e. The normalized spacial score (nSPS) is 17.9. The number of rotatable bonds is 4. The number of methoxy groups -OCH3 is 1. The summed E-state index contributed by atoms with van der Waals surface area (Å²) in [5, 5.41) is 7.24. The summed E-state index contributed by atoms with van der Waals surface area (Å²) in [6.07, 6.45) is 1.10. The van der Waals surface area contributed by atoms with Gasteiger partial charge in [-0.25, -0.2) is 0 Å². The number of ether oxygens (including phenoxy) is 1. The van der Waals surface area contributed by atoms with Crippen LogP contribution in [0.4, 0.5) is 0 Å². The molecule has 5 heteroatoms. The van der Waals surface area contributed by atoms with E-state index in [0.29, 0.717) is 17.8 Å². The third-order valence-corrected chi connectivity index (χ3v) is 4.24. The molecule has 1 aliphatic heterocycles. The Kier molecular flexibility index (Phi) is 5.28. The molecule has 18 heavy (non-hydrogen) atoms. The molecular formula is C13H18N2OS2. The first-order valence-corrected chi connectivity index (χ1v) is 7.45. The number of thioether (sulfide) groups is 1. The molecule has 1 aromatic carbocycles. The van der Waals surface area contributed by atoms with Crippen molar-refractivity contribution in [2.75, 3.05) is 26.0 Å². The zero-order valence-electron chi connectivity index (χ0n) is 10.4. The Labute approximate surface area is 118 Å². The topological polar surface area (TPSA) is 33.3 Å². The first-order valence-electron chi connectivity index (χ1n) is 6.06. The quantitative estimate of drug-likeness (QED) is 0.654. The number of hydrogen-bond donors (Lipinski definition) is 2. The van der Waals surface area contributed by atoms with E-state index in [0.717, 1.165) is 18.7 Å². The average Bonchev–Trinajstić information content (AvgIpc) is 2.39. The van der Waals surface area contributed by atoms with Crippen molar-refractivity contribution >= 4 is 29.1 Å². The van der Waals surface area contributed by atoms with Crippen LogP contribution in [-0.4, -0.2) is 31.1 Å². The molecule has 0 bridgehead atoms. The van der Waals surface area contributed by atoms with Crippen LogP contribution in [0.5, 0.6) is 0 Å². The summed E-state index contributed by atoms with van der Waals surface area (Å²) in [7, 11) is 1.69. The van der Waals surface area contributed by atoms with Gasteiger partial charge in [-0.05, 0) is 30.3 Å². The molecule has 1 aromatic rings. The number of benzene rings is 1. The van der Waals surface area contributed by atoms with Crippen LogP contribution in [0, 0.1) is 0 Å². The van der Waals surface area contributed by atoms with Crippen LogP contribution in [0.1, 0.15) is 18.0 Å². The van der Waals surface area contributed by atoms with Gasteiger partial charge in [-0.15, -0.1) is 11.8 Å². The lowest BCUT2D eigenvalue weighted by atomic mass is 10.0. The second kappa shape index (κ2) is 6.97. The minimum atomic E-state index is 0.324. The van der Waals surface area contributed by atoms with Gasteiger partial charge < -0.3 is 15.4 Å². The van der Waals surface area contributed by atoms with Crippen molar-refractivity contribution in [2.24, 2.45) is 0 Å². The van der Waals surface area contributed by atoms with Gasteiger partial charge in [-0.2, -0.15) is 0 Å². The summed E-state index contributed by atoms with van der Waals surface area (Å²) in [5.74, 6) is 1.13. The Morgan fingerprint density at radius 1 is 1.50 bits per heavy atom. The van der Waals surface area contributed by atoms with Gasteiger partial charge in [0.05, 0.1) is 12.6 Å². The molecule has 2 rings (SSSR count). The monoisotopic (exact) mass is 282 g/mol. The SMILES string of the molecule is COCCNC(=S)NC1CCSc2ccccc21. The molecule has 0 fully saturated rings. The van der Waals surface area contributed by atoms with E-state index >= 15 is 0 Å². The van der Waals surface area contributed by atoms with Crippen molar-refractivity contribution in [3.05, 3.63) is 29.8 Å². The maximum Gasteiger partial charge on any atom is 0.166 e. The average molecular weight is 282 g/mol. The van der Waals surface area contributed by atoms with E-state index in [-0.39, 0.29) is 0 Å². The Morgan fingerprint density at radius 3 is 3.17 bits per heavy atom. The predicted molar refractivity (Wildman–Crippen MR) is 80.1 cm³/mol. The van der Waals surface area contributed by atoms with E-state index in [9.17, 15) is 0 Å². The summed E-state index contributed by atoms with van der Waals surface area (Å²) < 4.78 is 4.99. The summed E-state index contributed by atoms with van der Waals surface area (Å²) >= 11 is 7.21. The smallest absolute Gasteiger partial charge is 0.166 e. The van der Waals surface area contributed by atoms with E-state index in [1.165, 1.54) is 10.5 Å². The molecule has 0 radical (unpaired) electrons. The fourth-order valence-electron chi connectivity index (χ4n) is 1.97. The van der Waals surface area contributed by atoms with Crippen molar-refractivity contribution < 1.29 is 4.74 Å². The molecule has 1 aliphatic rings. The Morgan fingerprint density at radius 2 is 2.33 bits per heavy atom. The molecule has 1 unspecified atom stereocenters. The highest BCUT2D eigenvalue weighted by atomic mass is 32.2. The number of nitrogens with one attached hydrogen (secondary N) is 2. The molecule has 0 aromatic heterocycles. The first-order chi connectivity index (χ1) is 8.81. The van der Waals surface area contributed by atoms with E-state index < -0.39 is 0 Å². The lowest BCUT2D eigenvalue weighted by Crippen LogP contribution is -2.40. The molecule has 0 amide bonds. The molecule has 98 valence electrons. The van der Waals surface area contributed by atoms with Gasteiger partial charge in [0.1, 0.15) is 0 Å². The minimum absolute atomic E-state index is 0.324. The maximum absolute atomic E-state index is 5.29. The Balaban J connectivity index is 1.92. The van der Waals surface area contributed by atoms with Crippen molar-refractivity contribution in [1.82, 2.24) is 10.6 Å². The van der Waals surface area contributed by atoms with Crippen LogP contribution >= 0.6 is 24.0 Å². The van der Waals surface area contributed by atoms with Crippen LogP contribution in [0.15, 0.2) is 29.2 Å². The zero-order chi connectivity index (χ0) is 12.8. The Hall–Kier alpha value is -0.780. The van der Waals surface area contributed by atoms with Crippen molar-refractivity contribution in [2.45, 2.75) is 17.4 Å². The van der Waals surface area contributed by atoms with Gasteiger partial charge in [0.2, 0.25) is 0 Å². The summed E-state index contributed by atoms with van der Waals surface area (Å²) in [5.41, 5.74) is 1.35. The van der Waals surface area contributed by atoms with E-state index in [1.807, 2.05) is 11.8 Å². The Bertz CT molecular complexity index is 412. The predicted octanol–water partition coefficient (Wildman–Crippen LogP) is 2.33.